The van der Waals surface area contributed by atoms with Gasteiger partial charge in [-0.3, -0.25) is 13.9 Å². The van der Waals surface area contributed by atoms with Gasteiger partial charge in [0.1, 0.15) is 0 Å². The molecule has 0 fully saturated rings. The van der Waals surface area contributed by atoms with Crippen LogP contribution < -0.4 is 10.6 Å². The molecular weight excluding hydrogens is 509 g/mol. The largest absolute Gasteiger partial charge is 0.309 e. The van der Waals surface area contributed by atoms with Crippen molar-refractivity contribution in [2.24, 2.45) is 0 Å². The van der Waals surface area contributed by atoms with Crippen molar-refractivity contribution in [2.45, 2.75) is 0 Å². The van der Waals surface area contributed by atoms with Crippen molar-refractivity contribution >= 4 is 61.5 Å². The Bertz CT molecular complexity index is 2150. The highest BCUT2D eigenvalue weighted by Crippen LogP contribution is 2.51. The first-order valence-electron chi connectivity index (χ1n) is 13.3. The van der Waals surface area contributed by atoms with E-state index in [1.54, 1.807) is 12.4 Å². The van der Waals surface area contributed by atoms with E-state index in [2.05, 4.69) is 98.8 Å². The van der Waals surface area contributed by atoms with E-state index in [1.807, 2.05) is 48.5 Å². The summed E-state index contributed by atoms with van der Waals surface area (Å²) < 4.78 is 19.9. The molecule has 40 heavy (non-hydrogen) atoms. The van der Waals surface area contributed by atoms with E-state index >= 15 is 4.57 Å². The summed E-state index contributed by atoms with van der Waals surface area (Å²) in [7, 11) is -3.33. The molecule has 3 heterocycles. The fourth-order valence-corrected chi connectivity index (χ4v) is 8.93. The van der Waals surface area contributed by atoms with Gasteiger partial charge in [0, 0.05) is 44.9 Å². The van der Waals surface area contributed by atoms with E-state index in [1.165, 1.54) is 10.8 Å². The lowest BCUT2D eigenvalue weighted by atomic mass is 10.1. The zero-order valence-electron chi connectivity index (χ0n) is 21.6. The summed E-state index contributed by atoms with van der Waals surface area (Å²) in [5.74, 6) is 0. The number of hydrogen-bond donors (Lipinski definition) is 0. The lowest BCUT2D eigenvalue weighted by Crippen LogP contribution is -2.21. The topological polar surface area (TPSA) is 39.8 Å². The molecule has 4 nitrogen and oxygen atoms in total. The Kier molecular flexibility index (Phi) is 5.07. The standard InChI is InChI=1S/C35H24N3OP/c39-40(26-11-2-1-3-12-26,27-13-10-22-36-24-27)38-34-19-9-6-16-30(34)31-23-25(20-21-35(31)38)37-32-17-7-4-14-28(32)29-15-5-8-18-33(29)37/h1-24H. The van der Waals surface area contributed by atoms with Gasteiger partial charge in [-0.15, -0.1) is 0 Å². The Balaban J connectivity index is 1.48. The number of fused-ring (bicyclic) bond motifs is 6. The van der Waals surface area contributed by atoms with Crippen molar-refractivity contribution in [3.05, 3.63) is 146 Å². The molecule has 1 atom stereocenters. The van der Waals surface area contributed by atoms with Crippen LogP contribution in [0, 0.1) is 0 Å². The van der Waals surface area contributed by atoms with Gasteiger partial charge in [0.25, 0.3) is 0 Å². The molecule has 0 radical (unpaired) electrons. The minimum atomic E-state index is -3.33. The van der Waals surface area contributed by atoms with E-state index < -0.39 is 7.29 Å². The van der Waals surface area contributed by atoms with Gasteiger partial charge >= 0.3 is 0 Å². The Morgan fingerprint density at radius 3 is 1.70 bits per heavy atom. The fourth-order valence-electron chi connectivity index (χ4n) is 6.13. The van der Waals surface area contributed by atoms with Crippen LogP contribution in [-0.2, 0) is 4.57 Å². The predicted octanol–water partition coefficient (Wildman–Crippen LogP) is 8.06. The number of benzene rings is 5. The number of rotatable bonds is 4. The summed E-state index contributed by atoms with van der Waals surface area (Å²) in [6, 6.07) is 45.4. The minimum Gasteiger partial charge on any atom is -0.309 e. The van der Waals surface area contributed by atoms with Crippen LogP contribution in [0.3, 0.4) is 0 Å². The van der Waals surface area contributed by atoms with Gasteiger partial charge in [-0.05, 0) is 60.7 Å². The molecule has 3 aromatic heterocycles. The lowest BCUT2D eigenvalue weighted by Gasteiger charge is -2.23. The third-order valence-corrected chi connectivity index (χ3v) is 10.8. The SMILES string of the molecule is O=P(c1ccccc1)(c1cccnc1)n1c2ccccc2c2cc(-n3c4ccccc4c4ccccc43)ccc21. The Morgan fingerprint density at radius 1 is 0.500 bits per heavy atom. The maximum Gasteiger partial charge on any atom is 0.235 e. The van der Waals surface area contributed by atoms with Crippen LogP contribution >= 0.6 is 7.29 Å². The number of nitrogens with zero attached hydrogens (tertiary/aromatic N) is 3. The smallest absolute Gasteiger partial charge is 0.235 e. The van der Waals surface area contributed by atoms with Crippen LogP contribution in [0.15, 0.2) is 146 Å². The molecule has 8 rings (SSSR count). The van der Waals surface area contributed by atoms with Gasteiger partial charge in [0.05, 0.1) is 27.4 Å². The molecule has 5 heteroatoms. The molecule has 0 amide bonds. The first-order valence-corrected chi connectivity index (χ1v) is 15.0. The number of para-hydroxylation sites is 3. The van der Waals surface area contributed by atoms with Gasteiger partial charge in [-0.1, -0.05) is 72.8 Å². The summed E-state index contributed by atoms with van der Waals surface area (Å²) in [4.78, 5) is 4.36. The quantitative estimate of drug-likeness (QED) is 0.215. The van der Waals surface area contributed by atoms with Crippen molar-refractivity contribution in [3.63, 3.8) is 0 Å². The normalized spacial score (nSPS) is 13.3. The summed E-state index contributed by atoms with van der Waals surface area (Å²) in [5.41, 5.74) is 5.27. The Labute approximate surface area is 231 Å². The van der Waals surface area contributed by atoms with E-state index in [0.29, 0.717) is 5.30 Å². The average molecular weight is 534 g/mol. The van der Waals surface area contributed by atoms with Crippen LogP contribution in [0.4, 0.5) is 0 Å². The number of pyridine rings is 1. The highest BCUT2D eigenvalue weighted by atomic mass is 31.2. The molecule has 0 saturated carbocycles. The van der Waals surface area contributed by atoms with Crippen LogP contribution in [0.2, 0.25) is 0 Å². The molecule has 0 aliphatic heterocycles. The predicted molar refractivity (Wildman–Crippen MR) is 167 cm³/mol. The highest BCUT2D eigenvalue weighted by molar-refractivity contribution is 7.77. The molecule has 0 aliphatic rings. The van der Waals surface area contributed by atoms with Gasteiger partial charge in [-0.25, -0.2) is 0 Å². The molecule has 0 spiro atoms. The van der Waals surface area contributed by atoms with Crippen molar-refractivity contribution in [3.8, 4) is 5.69 Å². The van der Waals surface area contributed by atoms with Crippen LogP contribution in [0.1, 0.15) is 0 Å². The second-order valence-corrected chi connectivity index (χ2v) is 12.6. The molecule has 8 aromatic rings. The molecule has 0 saturated heterocycles. The first kappa shape index (κ1) is 23.0. The van der Waals surface area contributed by atoms with Gasteiger partial charge < -0.3 is 4.57 Å². The van der Waals surface area contributed by atoms with Crippen LogP contribution in [-0.4, -0.2) is 13.9 Å². The third-order valence-electron chi connectivity index (χ3n) is 7.85. The van der Waals surface area contributed by atoms with E-state index in [-0.39, 0.29) is 0 Å². The summed E-state index contributed by atoms with van der Waals surface area (Å²) >= 11 is 0. The first-order chi connectivity index (χ1) is 19.7. The Hall–Kier alpha value is -4.92. The van der Waals surface area contributed by atoms with Gasteiger partial charge in [0.2, 0.25) is 7.29 Å². The molecule has 0 bridgehead atoms. The molecule has 190 valence electrons. The Morgan fingerprint density at radius 2 is 1.05 bits per heavy atom. The average Bonchev–Trinajstić information content (AvgIpc) is 3.54. The van der Waals surface area contributed by atoms with Crippen molar-refractivity contribution < 1.29 is 4.57 Å². The maximum atomic E-state index is 15.5. The highest BCUT2D eigenvalue weighted by Gasteiger charge is 2.33. The molecule has 5 aromatic carbocycles. The second-order valence-electron chi connectivity index (χ2n) is 10.0. The zero-order chi connectivity index (χ0) is 26.7. The van der Waals surface area contributed by atoms with Gasteiger partial charge in [0.15, 0.2) is 0 Å². The van der Waals surface area contributed by atoms with Crippen molar-refractivity contribution in [2.75, 3.05) is 0 Å². The molecular formula is C35H24N3OP. The summed E-state index contributed by atoms with van der Waals surface area (Å²) in [5, 5.41) is 6.07. The van der Waals surface area contributed by atoms with Gasteiger partial charge in [-0.2, -0.15) is 0 Å². The monoisotopic (exact) mass is 533 g/mol. The van der Waals surface area contributed by atoms with Crippen LogP contribution in [0.5, 0.6) is 0 Å². The number of hydrogen-bond acceptors (Lipinski definition) is 2. The molecule has 0 N–H and O–H groups in total. The fraction of sp³-hybridized carbons (Fsp3) is 0. The lowest BCUT2D eigenvalue weighted by molar-refractivity contribution is 0.583. The van der Waals surface area contributed by atoms with E-state index in [9.17, 15) is 0 Å². The number of aromatic nitrogens is 3. The third kappa shape index (κ3) is 3.20. The summed E-state index contributed by atoms with van der Waals surface area (Å²) in [6.45, 7) is 0. The molecule has 0 aliphatic carbocycles. The zero-order valence-corrected chi connectivity index (χ0v) is 22.4. The van der Waals surface area contributed by atoms with E-state index in [0.717, 1.165) is 43.8 Å². The van der Waals surface area contributed by atoms with Crippen molar-refractivity contribution in [1.82, 2.24) is 13.9 Å². The van der Waals surface area contributed by atoms with E-state index in [4.69, 9.17) is 0 Å². The maximum absolute atomic E-state index is 15.5. The van der Waals surface area contributed by atoms with Crippen LogP contribution in [0.25, 0.3) is 49.3 Å². The second kappa shape index (κ2) is 8.81. The summed E-state index contributed by atoms with van der Waals surface area (Å²) in [6.07, 6.45) is 3.46. The minimum absolute atomic E-state index is 0.704. The van der Waals surface area contributed by atoms with Crippen molar-refractivity contribution in [1.29, 1.82) is 0 Å². The molecule has 1 unspecified atom stereocenters.